The second kappa shape index (κ2) is 7.17. The number of aliphatic hydroxyl groups excluding tert-OH is 1. The van der Waals surface area contributed by atoms with Crippen LogP contribution in [0.1, 0.15) is 31.7 Å². The number of imide groups is 1. The highest BCUT2D eigenvalue weighted by Crippen LogP contribution is 2.41. The second-order valence-corrected chi connectivity index (χ2v) is 8.38. The fourth-order valence-electron chi connectivity index (χ4n) is 4.69. The van der Waals surface area contributed by atoms with Crippen molar-refractivity contribution < 1.29 is 14.7 Å². The van der Waals surface area contributed by atoms with E-state index in [0.29, 0.717) is 39.1 Å². The summed E-state index contributed by atoms with van der Waals surface area (Å²) in [7, 11) is 0. The molecular weight excluding hydrogens is 366 g/mol. The standard InChI is InChI=1S/C20H26ClN3O3/c1-2-3-8-23-18(26)17-9-15(25)11-24(17)20(19(23)27)12-22(13-20)10-14-6-4-5-7-16(14)21/h4-7,15,17,25H,2-3,8-13H2,1H3. The Morgan fingerprint density at radius 3 is 2.70 bits per heavy atom. The molecule has 2 unspecified atom stereocenters. The van der Waals surface area contributed by atoms with Crippen LogP contribution in [0.5, 0.6) is 0 Å². The van der Waals surface area contributed by atoms with E-state index in [2.05, 4.69) is 11.8 Å². The molecule has 2 atom stereocenters. The molecule has 0 radical (unpaired) electrons. The number of hydrogen-bond acceptors (Lipinski definition) is 5. The third-order valence-corrected chi connectivity index (χ3v) is 6.45. The van der Waals surface area contributed by atoms with Gasteiger partial charge in [0.1, 0.15) is 5.54 Å². The van der Waals surface area contributed by atoms with Crippen molar-refractivity contribution in [3.63, 3.8) is 0 Å². The van der Waals surface area contributed by atoms with Crippen molar-refractivity contribution >= 4 is 23.4 Å². The molecule has 27 heavy (non-hydrogen) atoms. The van der Waals surface area contributed by atoms with Gasteiger partial charge in [0.05, 0.1) is 12.1 Å². The van der Waals surface area contributed by atoms with Gasteiger partial charge in [-0.15, -0.1) is 0 Å². The van der Waals surface area contributed by atoms with Gasteiger partial charge in [-0.2, -0.15) is 0 Å². The van der Waals surface area contributed by atoms with Crippen molar-refractivity contribution in [3.8, 4) is 0 Å². The predicted octanol–water partition coefficient (Wildman–Crippen LogP) is 1.50. The summed E-state index contributed by atoms with van der Waals surface area (Å²) in [6, 6.07) is 7.35. The molecule has 1 aromatic carbocycles. The Labute approximate surface area is 164 Å². The number of nitrogens with zero attached hydrogens (tertiary/aromatic N) is 3. The lowest BCUT2D eigenvalue weighted by molar-refractivity contribution is -0.180. The molecule has 3 aliphatic heterocycles. The van der Waals surface area contributed by atoms with Gasteiger partial charge in [0.25, 0.3) is 5.91 Å². The summed E-state index contributed by atoms with van der Waals surface area (Å²) < 4.78 is 0. The lowest BCUT2D eigenvalue weighted by Gasteiger charge is -2.58. The number of carbonyl (C=O) groups excluding carboxylic acids is 2. The molecule has 0 aromatic heterocycles. The molecule has 3 heterocycles. The Morgan fingerprint density at radius 1 is 1.26 bits per heavy atom. The van der Waals surface area contributed by atoms with Crippen molar-refractivity contribution in [2.24, 2.45) is 0 Å². The van der Waals surface area contributed by atoms with Gasteiger partial charge in [0.2, 0.25) is 5.91 Å². The Kier molecular flexibility index (Phi) is 5.01. The summed E-state index contributed by atoms with van der Waals surface area (Å²) >= 11 is 6.27. The smallest absolute Gasteiger partial charge is 0.252 e. The molecule has 3 aliphatic rings. The largest absolute Gasteiger partial charge is 0.392 e. The van der Waals surface area contributed by atoms with Crippen LogP contribution in [0.3, 0.4) is 0 Å². The first-order valence-electron chi connectivity index (χ1n) is 9.72. The van der Waals surface area contributed by atoms with E-state index in [4.69, 9.17) is 11.6 Å². The van der Waals surface area contributed by atoms with Gasteiger partial charge in [-0.1, -0.05) is 43.1 Å². The molecule has 2 amide bonds. The summed E-state index contributed by atoms with van der Waals surface area (Å²) in [5, 5.41) is 10.9. The topological polar surface area (TPSA) is 64.1 Å². The van der Waals surface area contributed by atoms with E-state index in [0.717, 1.165) is 23.4 Å². The van der Waals surface area contributed by atoms with Crippen LogP contribution in [0.15, 0.2) is 24.3 Å². The number of fused-ring (bicyclic) bond motifs is 2. The lowest BCUT2D eigenvalue weighted by Crippen LogP contribution is -2.81. The number of rotatable bonds is 5. The molecular formula is C20H26ClN3O3. The number of unbranched alkanes of at least 4 members (excludes halogenated alkanes) is 1. The number of piperazine rings is 1. The van der Waals surface area contributed by atoms with Crippen LogP contribution in [-0.2, 0) is 16.1 Å². The molecule has 0 saturated carbocycles. The van der Waals surface area contributed by atoms with E-state index in [1.54, 1.807) is 0 Å². The summed E-state index contributed by atoms with van der Waals surface area (Å²) in [4.78, 5) is 31.7. The van der Waals surface area contributed by atoms with Crippen molar-refractivity contribution in [2.75, 3.05) is 26.2 Å². The van der Waals surface area contributed by atoms with Crippen LogP contribution < -0.4 is 0 Å². The zero-order chi connectivity index (χ0) is 19.2. The normalized spacial score (nSPS) is 27.9. The quantitative estimate of drug-likeness (QED) is 0.770. The minimum absolute atomic E-state index is 0.0956. The molecule has 3 saturated heterocycles. The SMILES string of the molecule is CCCCN1C(=O)C2CC(O)CN2C2(CN(Cc3ccccc3Cl)C2)C1=O. The van der Waals surface area contributed by atoms with Crippen molar-refractivity contribution in [2.45, 2.75) is 50.4 Å². The highest BCUT2D eigenvalue weighted by molar-refractivity contribution is 6.31. The van der Waals surface area contributed by atoms with Gasteiger partial charge in [0.15, 0.2) is 0 Å². The number of halogens is 1. The third-order valence-electron chi connectivity index (χ3n) is 6.08. The molecule has 146 valence electrons. The number of hydrogen-bond donors (Lipinski definition) is 1. The maximum absolute atomic E-state index is 13.3. The molecule has 1 spiro atoms. The fraction of sp³-hybridized carbons (Fsp3) is 0.600. The van der Waals surface area contributed by atoms with Crippen LogP contribution in [-0.4, -0.2) is 75.5 Å². The summed E-state index contributed by atoms with van der Waals surface area (Å²) in [5.41, 5.74) is 0.347. The van der Waals surface area contributed by atoms with Gasteiger partial charge in [-0.25, -0.2) is 0 Å². The van der Waals surface area contributed by atoms with Crippen molar-refractivity contribution in [1.82, 2.24) is 14.7 Å². The maximum Gasteiger partial charge on any atom is 0.252 e. The van der Waals surface area contributed by atoms with E-state index in [1.165, 1.54) is 4.90 Å². The molecule has 3 fully saturated rings. The summed E-state index contributed by atoms with van der Waals surface area (Å²) in [5.74, 6) is -0.234. The van der Waals surface area contributed by atoms with Crippen molar-refractivity contribution in [3.05, 3.63) is 34.9 Å². The molecule has 0 aliphatic carbocycles. The Morgan fingerprint density at radius 2 is 2.00 bits per heavy atom. The minimum atomic E-state index is -0.689. The number of amides is 2. The van der Waals surface area contributed by atoms with Crippen LogP contribution in [0, 0.1) is 0 Å². The van der Waals surface area contributed by atoms with Crippen molar-refractivity contribution in [1.29, 1.82) is 0 Å². The van der Waals surface area contributed by atoms with E-state index >= 15 is 0 Å². The molecule has 0 bridgehead atoms. The first-order valence-corrected chi connectivity index (χ1v) is 10.1. The van der Waals surface area contributed by atoms with Crippen LogP contribution in [0.4, 0.5) is 0 Å². The van der Waals surface area contributed by atoms with Gasteiger partial charge in [-0.05, 0) is 24.5 Å². The first kappa shape index (κ1) is 18.9. The van der Waals surface area contributed by atoms with E-state index in [9.17, 15) is 14.7 Å². The average molecular weight is 392 g/mol. The number of benzene rings is 1. The van der Waals surface area contributed by atoms with Crippen LogP contribution in [0.25, 0.3) is 0 Å². The summed E-state index contributed by atoms with van der Waals surface area (Å²) in [6.07, 6.45) is 1.61. The van der Waals surface area contributed by atoms with E-state index in [-0.39, 0.29) is 17.9 Å². The highest BCUT2D eigenvalue weighted by Gasteiger charge is 2.63. The number of carbonyl (C=O) groups is 2. The van der Waals surface area contributed by atoms with Gasteiger partial charge < -0.3 is 5.11 Å². The average Bonchev–Trinajstić information content (AvgIpc) is 3.00. The van der Waals surface area contributed by atoms with Crippen LogP contribution in [0.2, 0.25) is 5.02 Å². The minimum Gasteiger partial charge on any atom is -0.392 e. The maximum atomic E-state index is 13.3. The van der Waals surface area contributed by atoms with E-state index < -0.39 is 11.6 Å². The summed E-state index contributed by atoms with van der Waals surface area (Å²) in [6.45, 7) is 4.73. The first-order chi connectivity index (χ1) is 13.0. The number of β-amino-alcohol motifs (C(OH)–C–C–N with tert-alkyl or cyclic N) is 1. The predicted molar refractivity (Wildman–Crippen MR) is 102 cm³/mol. The Bertz CT molecular complexity index is 750. The van der Waals surface area contributed by atoms with Crippen LogP contribution >= 0.6 is 11.6 Å². The molecule has 6 nitrogen and oxygen atoms in total. The zero-order valence-corrected chi connectivity index (χ0v) is 16.4. The third kappa shape index (κ3) is 3.09. The molecule has 1 N–H and O–H groups in total. The Balaban J connectivity index is 1.54. The molecule has 7 heteroatoms. The van der Waals surface area contributed by atoms with Gasteiger partial charge in [0, 0.05) is 37.7 Å². The van der Waals surface area contributed by atoms with Gasteiger partial charge >= 0.3 is 0 Å². The lowest BCUT2D eigenvalue weighted by atomic mass is 9.82. The van der Waals surface area contributed by atoms with E-state index in [1.807, 2.05) is 29.2 Å². The number of likely N-dealkylation sites (tertiary alicyclic amines) is 1. The molecule has 4 rings (SSSR count). The highest BCUT2D eigenvalue weighted by atomic mass is 35.5. The fourth-order valence-corrected chi connectivity index (χ4v) is 4.89. The second-order valence-electron chi connectivity index (χ2n) is 7.97. The van der Waals surface area contributed by atoms with Gasteiger partial charge in [-0.3, -0.25) is 24.3 Å². The monoisotopic (exact) mass is 391 g/mol. The number of aliphatic hydroxyl groups is 1. The Hall–Kier alpha value is -1.47. The molecule has 1 aromatic rings. The zero-order valence-electron chi connectivity index (χ0n) is 15.6.